The Bertz CT molecular complexity index is 713. The molecule has 0 aliphatic heterocycles. The number of nitrogens with one attached hydrogen (secondary N) is 1. The second-order valence-corrected chi connectivity index (χ2v) is 5.74. The number of para-hydroxylation sites is 1. The van der Waals surface area contributed by atoms with Gasteiger partial charge in [0.1, 0.15) is 18.2 Å². The summed E-state index contributed by atoms with van der Waals surface area (Å²) in [4.78, 5) is 0. The number of aryl methyl sites for hydroxylation is 1. The molecule has 0 heterocycles. The second-order valence-electron chi connectivity index (χ2n) is 5.74. The van der Waals surface area contributed by atoms with Gasteiger partial charge in [0.15, 0.2) is 0 Å². The Morgan fingerprint density at radius 2 is 1.58 bits per heavy atom. The molecular weight excluding hydrogens is 301 g/mol. The molecule has 2 nitrogen and oxygen atoms in total. The zero-order valence-corrected chi connectivity index (χ0v) is 13.6. The number of halogens is 1. The zero-order chi connectivity index (χ0) is 16.8. The quantitative estimate of drug-likeness (QED) is 0.663. The molecule has 0 aliphatic rings. The molecule has 24 heavy (non-hydrogen) atoms. The highest BCUT2D eigenvalue weighted by molar-refractivity contribution is 5.46. The van der Waals surface area contributed by atoms with Crippen molar-refractivity contribution < 1.29 is 9.13 Å². The highest BCUT2D eigenvalue weighted by Gasteiger charge is 2.04. The maximum atomic E-state index is 13.0. The van der Waals surface area contributed by atoms with E-state index < -0.39 is 0 Å². The van der Waals surface area contributed by atoms with E-state index in [4.69, 9.17) is 4.74 Å². The predicted molar refractivity (Wildman–Crippen MR) is 95.7 cm³/mol. The van der Waals surface area contributed by atoms with E-state index in [1.54, 1.807) is 12.1 Å². The molecule has 0 spiro atoms. The summed E-state index contributed by atoms with van der Waals surface area (Å²) in [6.07, 6.45) is 0. The van der Waals surface area contributed by atoms with Crippen LogP contribution in [0.5, 0.6) is 5.75 Å². The molecule has 0 fully saturated rings. The van der Waals surface area contributed by atoms with Crippen molar-refractivity contribution in [3.05, 3.63) is 95.3 Å². The summed E-state index contributed by atoms with van der Waals surface area (Å²) in [6.45, 7) is 3.17. The van der Waals surface area contributed by atoms with E-state index >= 15 is 0 Å². The molecule has 0 saturated carbocycles. The number of benzene rings is 3. The summed E-state index contributed by atoms with van der Waals surface area (Å²) in [5, 5.41) is 3.40. The van der Waals surface area contributed by atoms with E-state index in [1.165, 1.54) is 17.7 Å². The van der Waals surface area contributed by atoms with Gasteiger partial charge in [0.2, 0.25) is 0 Å². The summed E-state index contributed by atoms with van der Waals surface area (Å²) in [5.41, 5.74) is 4.34. The average Bonchev–Trinajstić information content (AvgIpc) is 2.61. The number of anilines is 1. The van der Waals surface area contributed by atoms with Crippen molar-refractivity contribution in [2.24, 2.45) is 0 Å². The maximum Gasteiger partial charge on any atom is 0.124 e. The lowest BCUT2D eigenvalue weighted by atomic mass is 10.2. The fraction of sp³-hybridized carbons (Fsp3) is 0.143. The highest BCUT2D eigenvalue weighted by Crippen LogP contribution is 2.21. The summed E-state index contributed by atoms with van der Waals surface area (Å²) < 4.78 is 18.9. The van der Waals surface area contributed by atoms with Gasteiger partial charge < -0.3 is 10.1 Å². The van der Waals surface area contributed by atoms with Crippen LogP contribution in [0, 0.1) is 12.7 Å². The molecule has 0 saturated heterocycles. The van der Waals surface area contributed by atoms with Gasteiger partial charge in [-0.1, -0.05) is 48.0 Å². The van der Waals surface area contributed by atoms with Gasteiger partial charge in [0.25, 0.3) is 0 Å². The topological polar surface area (TPSA) is 21.3 Å². The lowest BCUT2D eigenvalue weighted by Crippen LogP contribution is -2.03. The summed E-state index contributed by atoms with van der Waals surface area (Å²) >= 11 is 0. The minimum Gasteiger partial charge on any atom is -0.489 e. The van der Waals surface area contributed by atoms with Crippen molar-refractivity contribution in [2.75, 3.05) is 5.32 Å². The molecular formula is C21H20FNO. The van der Waals surface area contributed by atoms with Gasteiger partial charge in [-0.15, -0.1) is 0 Å². The molecule has 0 aliphatic carbocycles. The third kappa shape index (κ3) is 4.35. The predicted octanol–water partition coefficient (Wildman–Crippen LogP) is 5.33. The van der Waals surface area contributed by atoms with Crippen LogP contribution in [0.25, 0.3) is 0 Å². The van der Waals surface area contributed by atoms with Crippen molar-refractivity contribution in [3.8, 4) is 5.75 Å². The first kappa shape index (κ1) is 16.1. The van der Waals surface area contributed by atoms with Gasteiger partial charge in [0, 0.05) is 17.8 Å². The minimum absolute atomic E-state index is 0.235. The first-order valence-corrected chi connectivity index (χ1v) is 7.96. The number of ether oxygens (including phenoxy) is 1. The van der Waals surface area contributed by atoms with Crippen LogP contribution in [0.3, 0.4) is 0 Å². The monoisotopic (exact) mass is 321 g/mol. The normalized spacial score (nSPS) is 10.4. The van der Waals surface area contributed by atoms with Crippen molar-refractivity contribution in [2.45, 2.75) is 20.1 Å². The van der Waals surface area contributed by atoms with E-state index in [1.807, 2.05) is 24.3 Å². The molecule has 1 N–H and O–H groups in total. The van der Waals surface area contributed by atoms with Crippen molar-refractivity contribution in [3.63, 3.8) is 0 Å². The fourth-order valence-electron chi connectivity index (χ4n) is 2.40. The van der Waals surface area contributed by atoms with Crippen LogP contribution in [0.1, 0.15) is 16.7 Å². The van der Waals surface area contributed by atoms with Crippen LogP contribution < -0.4 is 10.1 Å². The number of hydrogen-bond donors (Lipinski definition) is 1. The van der Waals surface area contributed by atoms with Crippen LogP contribution >= 0.6 is 0 Å². The first-order valence-electron chi connectivity index (χ1n) is 7.96. The van der Waals surface area contributed by atoms with Crippen molar-refractivity contribution in [1.29, 1.82) is 0 Å². The standard InChI is InChI=1S/C21H20FNO/c1-16-6-12-20(13-7-16)23-14-18-4-2-3-5-21(18)24-15-17-8-10-19(22)11-9-17/h2-13,23H,14-15H2,1H3. The smallest absolute Gasteiger partial charge is 0.124 e. The van der Waals surface area contributed by atoms with Gasteiger partial charge in [-0.05, 0) is 42.8 Å². The SMILES string of the molecule is Cc1ccc(NCc2ccccc2OCc2ccc(F)cc2)cc1. The van der Waals surface area contributed by atoms with Crippen LogP contribution in [0.15, 0.2) is 72.8 Å². The van der Waals surface area contributed by atoms with Gasteiger partial charge >= 0.3 is 0 Å². The molecule has 3 aromatic carbocycles. The van der Waals surface area contributed by atoms with E-state index in [0.29, 0.717) is 13.2 Å². The molecule has 0 radical (unpaired) electrons. The molecule has 0 bridgehead atoms. The molecule has 3 rings (SSSR count). The molecule has 122 valence electrons. The summed E-state index contributed by atoms with van der Waals surface area (Å²) in [7, 11) is 0. The molecule has 3 heteroatoms. The van der Waals surface area contributed by atoms with E-state index in [2.05, 4.69) is 36.5 Å². The Kier molecular flexibility index (Phi) is 5.12. The van der Waals surface area contributed by atoms with Crippen LogP contribution in [0.4, 0.5) is 10.1 Å². The van der Waals surface area contributed by atoms with Crippen LogP contribution in [-0.4, -0.2) is 0 Å². The lowest BCUT2D eigenvalue weighted by molar-refractivity contribution is 0.303. The zero-order valence-electron chi connectivity index (χ0n) is 13.6. The third-order valence-electron chi connectivity index (χ3n) is 3.81. The fourth-order valence-corrected chi connectivity index (χ4v) is 2.40. The van der Waals surface area contributed by atoms with E-state index in [0.717, 1.165) is 22.6 Å². The summed E-state index contributed by atoms with van der Waals surface area (Å²) in [6, 6.07) is 22.6. The van der Waals surface area contributed by atoms with Crippen LogP contribution in [0.2, 0.25) is 0 Å². The molecule has 3 aromatic rings. The Morgan fingerprint density at radius 1 is 0.875 bits per heavy atom. The second kappa shape index (κ2) is 7.64. The Hall–Kier alpha value is -2.81. The van der Waals surface area contributed by atoms with Crippen LogP contribution in [-0.2, 0) is 13.2 Å². The lowest BCUT2D eigenvalue weighted by Gasteiger charge is -2.13. The average molecular weight is 321 g/mol. The van der Waals surface area contributed by atoms with E-state index in [-0.39, 0.29) is 5.82 Å². The van der Waals surface area contributed by atoms with Crippen molar-refractivity contribution >= 4 is 5.69 Å². The Balaban J connectivity index is 1.64. The third-order valence-corrected chi connectivity index (χ3v) is 3.81. The Morgan fingerprint density at radius 3 is 2.33 bits per heavy atom. The van der Waals surface area contributed by atoms with Gasteiger partial charge in [-0.3, -0.25) is 0 Å². The molecule has 0 unspecified atom stereocenters. The highest BCUT2D eigenvalue weighted by atomic mass is 19.1. The number of hydrogen-bond acceptors (Lipinski definition) is 2. The van der Waals surface area contributed by atoms with Gasteiger partial charge in [0.05, 0.1) is 0 Å². The molecule has 0 atom stereocenters. The molecule has 0 amide bonds. The summed E-state index contributed by atoms with van der Waals surface area (Å²) in [5.74, 6) is 0.600. The largest absolute Gasteiger partial charge is 0.489 e. The Labute approximate surface area is 141 Å². The van der Waals surface area contributed by atoms with E-state index in [9.17, 15) is 4.39 Å². The first-order chi connectivity index (χ1) is 11.7. The van der Waals surface area contributed by atoms with Crippen molar-refractivity contribution in [1.82, 2.24) is 0 Å². The maximum absolute atomic E-state index is 13.0. The minimum atomic E-state index is -0.235. The van der Waals surface area contributed by atoms with Gasteiger partial charge in [-0.25, -0.2) is 4.39 Å². The van der Waals surface area contributed by atoms with Gasteiger partial charge in [-0.2, -0.15) is 0 Å². The number of rotatable bonds is 6. The molecule has 0 aromatic heterocycles.